The van der Waals surface area contributed by atoms with Gasteiger partial charge in [-0.2, -0.15) is 0 Å². The van der Waals surface area contributed by atoms with Crippen LogP contribution in [0.3, 0.4) is 0 Å². The lowest BCUT2D eigenvalue weighted by Gasteiger charge is -2.11. The van der Waals surface area contributed by atoms with Gasteiger partial charge in [-0.25, -0.2) is 4.98 Å². The maximum atomic E-state index is 12.0. The van der Waals surface area contributed by atoms with Crippen LogP contribution < -0.4 is 10.6 Å². The van der Waals surface area contributed by atoms with E-state index >= 15 is 0 Å². The number of hydrogen-bond acceptors (Lipinski definition) is 5. The van der Waals surface area contributed by atoms with Crippen molar-refractivity contribution in [1.29, 1.82) is 0 Å². The normalized spacial score (nSPS) is 10.5. The number of carbonyl (C=O) groups excluding carboxylic acids is 1. The lowest BCUT2D eigenvalue weighted by Crippen LogP contribution is -2.16. The zero-order valence-electron chi connectivity index (χ0n) is 12.9. The molecule has 1 amide bonds. The smallest absolute Gasteiger partial charge is 0.258 e. The van der Waals surface area contributed by atoms with Gasteiger partial charge in [-0.05, 0) is 51.3 Å². The first-order chi connectivity index (χ1) is 10.6. The summed E-state index contributed by atoms with van der Waals surface area (Å²) in [6, 6.07) is 7.12. The van der Waals surface area contributed by atoms with Crippen LogP contribution in [0.1, 0.15) is 16.8 Å². The molecule has 0 saturated carbocycles. The predicted molar refractivity (Wildman–Crippen MR) is 88.1 cm³/mol. The Bertz CT molecular complexity index is 583. The highest BCUT2D eigenvalue weighted by Crippen LogP contribution is 2.10. The van der Waals surface area contributed by atoms with E-state index in [1.807, 2.05) is 6.07 Å². The minimum absolute atomic E-state index is 0.215. The SMILES string of the molecule is CN(C)CCCNc1ccc(NC(=O)c2cccnc2)nc1. The van der Waals surface area contributed by atoms with E-state index in [1.54, 1.807) is 30.6 Å². The Morgan fingerprint density at radius 3 is 2.73 bits per heavy atom. The first kappa shape index (κ1) is 15.9. The van der Waals surface area contributed by atoms with Crippen molar-refractivity contribution in [2.45, 2.75) is 6.42 Å². The van der Waals surface area contributed by atoms with E-state index in [1.165, 1.54) is 6.20 Å². The number of nitrogens with one attached hydrogen (secondary N) is 2. The van der Waals surface area contributed by atoms with Gasteiger partial charge in [0.05, 0.1) is 17.4 Å². The van der Waals surface area contributed by atoms with Crippen LogP contribution in [-0.4, -0.2) is 48.0 Å². The largest absolute Gasteiger partial charge is 0.384 e. The molecule has 0 unspecified atom stereocenters. The van der Waals surface area contributed by atoms with Gasteiger partial charge in [0.15, 0.2) is 0 Å². The number of carbonyl (C=O) groups is 1. The molecule has 6 heteroatoms. The summed E-state index contributed by atoms with van der Waals surface area (Å²) in [6.07, 6.45) is 5.93. The van der Waals surface area contributed by atoms with Crippen molar-refractivity contribution in [3.05, 3.63) is 48.4 Å². The molecule has 0 bridgehead atoms. The minimum Gasteiger partial charge on any atom is -0.384 e. The molecular weight excluding hydrogens is 278 g/mol. The molecule has 0 fully saturated rings. The van der Waals surface area contributed by atoms with Gasteiger partial charge in [0.25, 0.3) is 5.91 Å². The molecule has 6 nitrogen and oxygen atoms in total. The number of pyridine rings is 2. The van der Waals surface area contributed by atoms with Crippen molar-refractivity contribution in [3.8, 4) is 0 Å². The van der Waals surface area contributed by atoms with E-state index in [-0.39, 0.29) is 5.91 Å². The fraction of sp³-hybridized carbons (Fsp3) is 0.312. The molecule has 0 aliphatic heterocycles. The van der Waals surface area contributed by atoms with Gasteiger partial charge in [0, 0.05) is 18.9 Å². The van der Waals surface area contributed by atoms with E-state index < -0.39 is 0 Å². The Kier molecular flexibility index (Phi) is 5.85. The van der Waals surface area contributed by atoms with Crippen LogP contribution in [0.5, 0.6) is 0 Å². The summed E-state index contributed by atoms with van der Waals surface area (Å²) in [4.78, 5) is 22.3. The van der Waals surface area contributed by atoms with Crippen LogP contribution in [0.2, 0.25) is 0 Å². The van der Waals surface area contributed by atoms with Crippen LogP contribution in [0.15, 0.2) is 42.9 Å². The average molecular weight is 299 g/mol. The van der Waals surface area contributed by atoms with E-state index in [0.717, 1.165) is 25.2 Å². The number of nitrogens with zero attached hydrogens (tertiary/aromatic N) is 3. The summed E-state index contributed by atoms with van der Waals surface area (Å²) < 4.78 is 0. The van der Waals surface area contributed by atoms with Gasteiger partial charge < -0.3 is 15.5 Å². The molecule has 2 aromatic rings. The molecule has 0 aliphatic carbocycles. The van der Waals surface area contributed by atoms with Crippen LogP contribution >= 0.6 is 0 Å². The van der Waals surface area contributed by atoms with Crippen molar-refractivity contribution >= 4 is 17.4 Å². The zero-order valence-corrected chi connectivity index (χ0v) is 12.9. The molecule has 22 heavy (non-hydrogen) atoms. The zero-order chi connectivity index (χ0) is 15.8. The van der Waals surface area contributed by atoms with Crippen molar-refractivity contribution in [1.82, 2.24) is 14.9 Å². The summed E-state index contributed by atoms with van der Waals surface area (Å²) >= 11 is 0. The molecular formula is C16H21N5O. The number of anilines is 2. The Morgan fingerprint density at radius 2 is 2.09 bits per heavy atom. The molecule has 0 aromatic carbocycles. The molecule has 2 heterocycles. The van der Waals surface area contributed by atoms with E-state index in [9.17, 15) is 4.79 Å². The maximum Gasteiger partial charge on any atom is 0.258 e. The van der Waals surface area contributed by atoms with Crippen LogP contribution in [0.4, 0.5) is 11.5 Å². The Labute approximate surface area is 130 Å². The fourth-order valence-corrected chi connectivity index (χ4v) is 1.89. The molecule has 116 valence electrons. The topological polar surface area (TPSA) is 70.2 Å². The summed E-state index contributed by atoms with van der Waals surface area (Å²) in [5.41, 5.74) is 1.45. The van der Waals surface area contributed by atoms with E-state index in [2.05, 4.69) is 39.6 Å². The second-order valence-corrected chi connectivity index (χ2v) is 5.21. The first-order valence-corrected chi connectivity index (χ1v) is 7.21. The Hall–Kier alpha value is -2.47. The number of hydrogen-bond donors (Lipinski definition) is 2. The van der Waals surface area contributed by atoms with Crippen LogP contribution in [0, 0.1) is 0 Å². The molecule has 0 radical (unpaired) electrons. The molecule has 0 saturated heterocycles. The second kappa shape index (κ2) is 8.09. The molecule has 0 aliphatic rings. The Morgan fingerprint density at radius 1 is 1.23 bits per heavy atom. The summed E-state index contributed by atoms with van der Waals surface area (Å²) in [7, 11) is 4.11. The number of rotatable bonds is 7. The number of aromatic nitrogens is 2. The Balaban J connectivity index is 1.83. The van der Waals surface area contributed by atoms with Gasteiger partial charge in [0.1, 0.15) is 5.82 Å². The lowest BCUT2D eigenvalue weighted by molar-refractivity contribution is 0.102. The number of amides is 1. The van der Waals surface area contributed by atoms with Crippen LogP contribution in [0.25, 0.3) is 0 Å². The summed E-state index contributed by atoms with van der Waals surface area (Å²) in [6.45, 7) is 1.93. The molecule has 2 N–H and O–H groups in total. The quantitative estimate of drug-likeness (QED) is 0.766. The lowest BCUT2D eigenvalue weighted by atomic mass is 10.2. The third-order valence-electron chi connectivity index (χ3n) is 3.04. The third-order valence-corrected chi connectivity index (χ3v) is 3.04. The van der Waals surface area contributed by atoms with Crippen molar-refractivity contribution in [3.63, 3.8) is 0 Å². The molecule has 0 spiro atoms. The predicted octanol–water partition coefficient (Wildman–Crippen LogP) is 2.09. The van der Waals surface area contributed by atoms with Gasteiger partial charge in [-0.15, -0.1) is 0 Å². The van der Waals surface area contributed by atoms with E-state index in [0.29, 0.717) is 11.4 Å². The van der Waals surface area contributed by atoms with Crippen molar-refractivity contribution < 1.29 is 4.79 Å². The van der Waals surface area contributed by atoms with Crippen molar-refractivity contribution in [2.24, 2.45) is 0 Å². The molecule has 2 rings (SSSR count). The molecule has 0 atom stereocenters. The highest BCUT2D eigenvalue weighted by Gasteiger charge is 2.06. The van der Waals surface area contributed by atoms with Crippen LogP contribution in [-0.2, 0) is 0 Å². The van der Waals surface area contributed by atoms with Gasteiger partial charge in [-0.1, -0.05) is 0 Å². The standard InChI is InChI=1S/C16H21N5O/c1-21(2)10-4-9-18-14-6-7-15(19-12-14)20-16(22)13-5-3-8-17-11-13/h3,5-8,11-12,18H,4,9-10H2,1-2H3,(H,19,20,22). The monoisotopic (exact) mass is 299 g/mol. The average Bonchev–Trinajstić information content (AvgIpc) is 2.54. The first-order valence-electron chi connectivity index (χ1n) is 7.21. The third kappa shape index (κ3) is 5.14. The summed E-state index contributed by atoms with van der Waals surface area (Å²) in [5.74, 6) is 0.306. The fourth-order valence-electron chi connectivity index (χ4n) is 1.89. The highest BCUT2D eigenvalue weighted by molar-refractivity contribution is 6.03. The second-order valence-electron chi connectivity index (χ2n) is 5.21. The van der Waals surface area contributed by atoms with Gasteiger partial charge >= 0.3 is 0 Å². The highest BCUT2D eigenvalue weighted by atomic mass is 16.1. The van der Waals surface area contributed by atoms with Gasteiger partial charge in [-0.3, -0.25) is 9.78 Å². The van der Waals surface area contributed by atoms with Gasteiger partial charge in [0.2, 0.25) is 0 Å². The van der Waals surface area contributed by atoms with Crippen molar-refractivity contribution in [2.75, 3.05) is 37.8 Å². The molecule has 2 aromatic heterocycles. The minimum atomic E-state index is -0.215. The summed E-state index contributed by atoms with van der Waals surface area (Å²) in [5, 5.41) is 6.04. The van der Waals surface area contributed by atoms with E-state index in [4.69, 9.17) is 0 Å². The maximum absolute atomic E-state index is 12.0.